The third kappa shape index (κ3) is 3.60. The molecule has 0 aliphatic rings. The molecule has 0 aliphatic heterocycles. The van der Waals surface area contributed by atoms with Crippen molar-refractivity contribution >= 4 is 21.7 Å². The molecule has 106 valence electrons. The number of carbonyl (C=O) groups excluding carboxylic acids is 1. The van der Waals surface area contributed by atoms with Crippen LogP contribution in [0, 0.1) is 11.6 Å². The molecule has 2 nitrogen and oxygen atoms in total. The maximum Gasteiger partial charge on any atom is 0.168 e. The number of ether oxygens (including phenoxy) is 1. The SMILES string of the molecule is CCOC(C)(CC)C(=O)Cc1c(F)ccc(Br)c1F. The van der Waals surface area contributed by atoms with Gasteiger partial charge in [-0.3, -0.25) is 4.79 Å². The van der Waals surface area contributed by atoms with Gasteiger partial charge in [-0.05, 0) is 48.3 Å². The maximum absolute atomic E-state index is 13.8. The molecular formula is C14H17BrF2O2. The monoisotopic (exact) mass is 334 g/mol. The van der Waals surface area contributed by atoms with E-state index in [1.54, 1.807) is 20.8 Å². The van der Waals surface area contributed by atoms with Crippen LogP contribution in [0.15, 0.2) is 16.6 Å². The number of halogens is 3. The van der Waals surface area contributed by atoms with E-state index in [2.05, 4.69) is 15.9 Å². The fraction of sp³-hybridized carbons (Fsp3) is 0.500. The summed E-state index contributed by atoms with van der Waals surface area (Å²) in [5.41, 5.74) is -1.23. The second-order valence-electron chi connectivity index (χ2n) is 4.44. The van der Waals surface area contributed by atoms with Crippen LogP contribution < -0.4 is 0 Å². The normalized spacial score (nSPS) is 14.2. The van der Waals surface area contributed by atoms with Gasteiger partial charge in [0.15, 0.2) is 5.78 Å². The van der Waals surface area contributed by atoms with Crippen molar-refractivity contribution in [3.8, 4) is 0 Å². The molecule has 0 fully saturated rings. The molecule has 0 saturated carbocycles. The zero-order valence-corrected chi connectivity index (χ0v) is 12.8. The molecule has 0 aromatic heterocycles. The van der Waals surface area contributed by atoms with E-state index in [4.69, 9.17) is 4.74 Å². The van der Waals surface area contributed by atoms with Crippen molar-refractivity contribution in [3.63, 3.8) is 0 Å². The predicted octanol–water partition coefficient (Wildman–Crippen LogP) is 4.04. The Kier molecular flexibility index (Phi) is 5.62. The Hall–Kier alpha value is -0.810. The first-order valence-corrected chi connectivity index (χ1v) is 6.94. The lowest BCUT2D eigenvalue weighted by atomic mass is 9.92. The Morgan fingerprint density at radius 2 is 2.00 bits per heavy atom. The lowest BCUT2D eigenvalue weighted by Gasteiger charge is -2.26. The van der Waals surface area contributed by atoms with Crippen molar-refractivity contribution in [2.75, 3.05) is 6.61 Å². The van der Waals surface area contributed by atoms with E-state index in [0.717, 1.165) is 6.07 Å². The molecule has 1 unspecified atom stereocenters. The Bertz CT molecular complexity index is 477. The Morgan fingerprint density at radius 1 is 1.37 bits per heavy atom. The molecule has 0 N–H and O–H groups in total. The number of carbonyl (C=O) groups is 1. The minimum atomic E-state index is -1.00. The third-order valence-corrected chi connectivity index (χ3v) is 3.82. The second-order valence-corrected chi connectivity index (χ2v) is 5.29. The minimum absolute atomic E-state index is 0.145. The first kappa shape index (κ1) is 16.2. The van der Waals surface area contributed by atoms with Crippen molar-refractivity contribution in [2.45, 2.75) is 39.2 Å². The quantitative estimate of drug-likeness (QED) is 0.734. The van der Waals surface area contributed by atoms with Crippen molar-refractivity contribution in [1.82, 2.24) is 0 Å². The smallest absolute Gasteiger partial charge is 0.168 e. The van der Waals surface area contributed by atoms with E-state index >= 15 is 0 Å². The molecule has 0 spiro atoms. The van der Waals surface area contributed by atoms with Gasteiger partial charge in [0.25, 0.3) is 0 Å². The molecule has 1 aromatic rings. The Labute approximate surface area is 120 Å². The van der Waals surface area contributed by atoms with Crippen LogP contribution in [0.5, 0.6) is 0 Å². The van der Waals surface area contributed by atoms with Crippen molar-refractivity contribution < 1.29 is 18.3 Å². The highest BCUT2D eigenvalue weighted by molar-refractivity contribution is 9.10. The Balaban J connectivity index is 3.03. The van der Waals surface area contributed by atoms with Crippen LogP contribution in [0.2, 0.25) is 0 Å². The molecule has 0 amide bonds. The molecule has 19 heavy (non-hydrogen) atoms. The van der Waals surface area contributed by atoms with Gasteiger partial charge in [0.05, 0.1) is 4.47 Å². The lowest BCUT2D eigenvalue weighted by Crippen LogP contribution is -2.39. The number of rotatable bonds is 6. The van der Waals surface area contributed by atoms with Gasteiger partial charge in [-0.15, -0.1) is 0 Å². The largest absolute Gasteiger partial charge is 0.368 e. The second kappa shape index (κ2) is 6.57. The molecule has 0 aliphatic carbocycles. The number of Topliss-reactive ketones (excluding diaryl/α,β-unsaturated/α-hetero) is 1. The van der Waals surface area contributed by atoms with Gasteiger partial charge in [0.1, 0.15) is 17.2 Å². The first-order chi connectivity index (χ1) is 8.85. The van der Waals surface area contributed by atoms with Gasteiger partial charge >= 0.3 is 0 Å². The highest BCUT2D eigenvalue weighted by Gasteiger charge is 2.32. The van der Waals surface area contributed by atoms with Gasteiger partial charge in [0, 0.05) is 18.6 Å². The molecule has 0 radical (unpaired) electrons. The fourth-order valence-electron chi connectivity index (χ4n) is 1.78. The van der Waals surface area contributed by atoms with E-state index in [9.17, 15) is 13.6 Å². The van der Waals surface area contributed by atoms with E-state index in [0.29, 0.717) is 13.0 Å². The topological polar surface area (TPSA) is 26.3 Å². The standard InChI is InChI=1S/C14H17BrF2O2/c1-4-14(3,19-5-2)12(18)8-9-11(16)7-6-10(15)13(9)17/h6-7H,4-5,8H2,1-3H3. The van der Waals surface area contributed by atoms with Gasteiger partial charge < -0.3 is 4.74 Å². The number of ketones is 1. The zero-order chi connectivity index (χ0) is 14.6. The Morgan fingerprint density at radius 3 is 2.53 bits per heavy atom. The molecule has 0 heterocycles. The van der Waals surface area contributed by atoms with E-state index < -0.39 is 17.2 Å². The average molecular weight is 335 g/mol. The van der Waals surface area contributed by atoms with Crippen LogP contribution in [0.25, 0.3) is 0 Å². The maximum atomic E-state index is 13.8. The summed E-state index contributed by atoms with van der Waals surface area (Å²) in [5.74, 6) is -1.78. The van der Waals surface area contributed by atoms with Crippen molar-refractivity contribution in [3.05, 3.63) is 33.8 Å². The third-order valence-electron chi connectivity index (χ3n) is 3.20. The average Bonchev–Trinajstić information content (AvgIpc) is 2.39. The summed E-state index contributed by atoms with van der Waals surface area (Å²) in [7, 11) is 0. The van der Waals surface area contributed by atoms with Crippen LogP contribution in [-0.2, 0) is 16.0 Å². The minimum Gasteiger partial charge on any atom is -0.368 e. The molecule has 5 heteroatoms. The zero-order valence-electron chi connectivity index (χ0n) is 11.2. The van der Waals surface area contributed by atoms with Crippen LogP contribution >= 0.6 is 15.9 Å². The van der Waals surface area contributed by atoms with Crippen molar-refractivity contribution in [1.29, 1.82) is 0 Å². The number of benzene rings is 1. The first-order valence-electron chi connectivity index (χ1n) is 6.15. The molecule has 1 aromatic carbocycles. The van der Waals surface area contributed by atoms with Gasteiger partial charge in [0.2, 0.25) is 0 Å². The summed E-state index contributed by atoms with van der Waals surface area (Å²) in [5, 5.41) is 0. The summed E-state index contributed by atoms with van der Waals surface area (Å²) in [6.45, 7) is 5.61. The molecule has 1 atom stereocenters. The van der Waals surface area contributed by atoms with E-state index in [-0.39, 0.29) is 22.2 Å². The summed E-state index contributed by atoms with van der Waals surface area (Å²) in [6, 6.07) is 2.42. The van der Waals surface area contributed by atoms with E-state index in [1.165, 1.54) is 6.07 Å². The molecule has 0 bridgehead atoms. The number of hydrogen-bond donors (Lipinski definition) is 0. The summed E-state index contributed by atoms with van der Waals surface area (Å²) < 4.78 is 33.0. The molecule has 1 rings (SSSR count). The van der Waals surface area contributed by atoms with Crippen LogP contribution in [0.4, 0.5) is 8.78 Å². The van der Waals surface area contributed by atoms with Gasteiger partial charge in [-0.25, -0.2) is 8.78 Å². The highest BCUT2D eigenvalue weighted by Crippen LogP contribution is 2.25. The predicted molar refractivity (Wildman–Crippen MR) is 73.1 cm³/mol. The van der Waals surface area contributed by atoms with E-state index in [1.807, 2.05) is 0 Å². The highest BCUT2D eigenvalue weighted by atomic mass is 79.9. The molecular weight excluding hydrogens is 318 g/mol. The van der Waals surface area contributed by atoms with Gasteiger partial charge in [-0.1, -0.05) is 6.92 Å². The van der Waals surface area contributed by atoms with Crippen LogP contribution in [0.3, 0.4) is 0 Å². The van der Waals surface area contributed by atoms with Gasteiger partial charge in [-0.2, -0.15) is 0 Å². The lowest BCUT2D eigenvalue weighted by molar-refractivity contribution is -0.141. The fourth-order valence-corrected chi connectivity index (χ4v) is 2.15. The summed E-state index contributed by atoms with van der Waals surface area (Å²) in [4.78, 5) is 12.2. The summed E-state index contributed by atoms with van der Waals surface area (Å²) in [6.07, 6.45) is 0.137. The van der Waals surface area contributed by atoms with Crippen LogP contribution in [0.1, 0.15) is 32.8 Å². The van der Waals surface area contributed by atoms with Crippen molar-refractivity contribution in [2.24, 2.45) is 0 Å². The van der Waals surface area contributed by atoms with Crippen LogP contribution in [-0.4, -0.2) is 18.0 Å². The summed E-state index contributed by atoms with van der Waals surface area (Å²) >= 11 is 2.98. The number of hydrogen-bond acceptors (Lipinski definition) is 2. The molecule has 0 saturated heterocycles.